The lowest BCUT2D eigenvalue weighted by molar-refractivity contribution is 0.0330. The molecule has 0 radical (unpaired) electrons. The minimum absolute atomic E-state index is 0.672. The van der Waals surface area contributed by atoms with Crippen LogP contribution in [-0.2, 0) is 17.8 Å². The summed E-state index contributed by atoms with van der Waals surface area (Å²) in [6.45, 7) is 12.9. The molecule has 3 aromatic heterocycles. The van der Waals surface area contributed by atoms with Crippen LogP contribution >= 0.6 is 23.1 Å². The van der Waals surface area contributed by atoms with Crippen LogP contribution in [0.15, 0.2) is 29.2 Å². The van der Waals surface area contributed by atoms with Crippen LogP contribution in [0.25, 0.3) is 10.2 Å². The van der Waals surface area contributed by atoms with E-state index in [-0.39, 0.29) is 0 Å². The molecule has 27 heavy (non-hydrogen) atoms. The van der Waals surface area contributed by atoms with Gasteiger partial charge >= 0.3 is 0 Å². The van der Waals surface area contributed by atoms with Gasteiger partial charge in [-0.15, -0.1) is 28.1 Å². The van der Waals surface area contributed by atoms with Gasteiger partial charge in [0.05, 0.1) is 19.8 Å². The lowest BCUT2D eigenvalue weighted by Gasteiger charge is -2.25. The van der Waals surface area contributed by atoms with Gasteiger partial charge in [-0.05, 0) is 31.2 Å². The van der Waals surface area contributed by atoms with Gasteiger partial charge in [-0.25, -0.2) is 9.97 Å². The van der Waals surface area contributed by atoms with E-state index in [0.717, 1.165) is 59.1 Å². The number of hydrogen-bond acceptors (Lipinski definition) is 8. The van der Waals surface area contributed by atoms with E-state index in [9.17, 15) is 0 Å². The third-order valence-corrected chi connectivity index (χ3v) is 6.69. The third-order valence-electron chi connectivity index (χ3n) is 4.60. The van der Waals surface area contributed by atoms with Crippen LogP contribution in [0.2, 0.25) is 0 Å². The van der Waals surface area contributed by atoms with Gasteiger partial charge in [0.2, 0.25) is 0 Å². The molecular formula is C18H22N6OS2. The van der Waals surface area contributed by atoms with Crippen molar-refractivity contribution >= 4 is 33.3 Å². The first kappa shape index (κ1) is 18.5. The van der Waals surface area contributed by atoms with Gasteiger partial charge in [-0.1, -0.05) is 6.08 Å². The van der Waals surface area contributed by atoms with Crippen molar-refractivity contribution in [2.45, 2.75) is 37.1 Å². The van der Waals surface area contributed by atoms with E-state index in [1.165, 1.54) is 10.4 Å². The second-order valence-corrected chi connectivity index (χ2v) is 8.61. The first-order valence-electron chi connectivity index (χ1n) is 8.89. The van der Waals surface area contributed by atoms with Gasteiger partial charge in [0.15, 0.2) is 5.16 Å². The molecule has 142 valence electrons. The molecule has 9 heteroatoms. The van der Waals surface area contributed by atoms with Crippen molar-refractivity contribution in [1.82, 2.24) is 29.6 Å². The average molecular weight is 403 g/mol. The van der Waals surface area contributed by atoms with Crippen LogP contribution in [0, 0.1) is 13.8 Å². The molecule has 0 aromatic carbocycles. The number of thiophene rings is 1. The molecule has 0 N–H and O–H groups in total. The predicted molar refractivity (Wildman–Crippen MR) is 107 cm³/mol. The van der Waals surface area contributed by atoms with Crippen LogP contribution < -0.4 is 0 Å². The summed E-state index contributed by atoms with van der Waals surface area (Å²) in [6.07, 6.45) is 3.57. The van der Waals surface area contributed by atoms with Crippen molar-refractivity contribution in [2.24, 2.45) is 0 Å². The Bertz CT molecular complexity index is 960. The van der Waals surface area contributed by atoms with Crippen molar-refractivity contribution in [3.63, 3.8) is 0 Å². The highest BCUT2D eigenvalue weighted by Crippen LogP contribution is 2.37. The molecule has 7 nitrogen and oxygen atoms in total. The highest BCUT2D eigenvalue weighted by molar-refractivity contribution is 7.99. The first-order chi connectivity index (χ1) is 13.2. The van der Waals surface area contributed by atoms with Gasteiger partial charge in [-0.3, -0.25) is 4.90 Å². The fraction of sp³-hybridized carbons (Fsp3) is 0.444. The van der Waals surface area contributed by atoms with Gasteiger partial charge in [0, 0.05) is 29.9 Å². The minimum Gasteiger partial charge on any atom is -0.379 e. The molecule has 0 spiro atoms. The van der Waals surface area contributed by atoms with Gasteiger partial charge in [-0.2, -0.15) is 0 Å². The number of hydrogen-bond donors (Lipinski definition) is 0. The smallest absolute Gasteiger partial charge is 0.197 e. The molecule has 0 saturated carbocycles. The maximum atomic E-state index is 5.45. The first-order valence-corrected chi connectivity index (χ1v) is 10.5. The minimum atomic E-state index is 0.672. The SMILES string of the molecule is C=CCn1cnnc1Sc1nc(CN2CCOCC2)nc2sc(C)c(C)c12. The summed E-state index contributed by atoms with van der Waals surface area (Å²) in [5.74, 6) is 0.850. The highest BCUT2D eigenvalue weighted by Gasteiger charge is 2.19. The molecule has 3 aromatic rings. The zero-order valence-electron chi connectivity index (χ0n) is 15.5. The van der Waals surface area contributed by atoms with Gasteiger partial charge in [0.1, 0.15) is 22.0 Å². The van der Waals surface area contributed by atoms with Gasteiger partial charge < -0.3 is 9.30 Å². The maximum absolute atomic E-state index is 5.45. The monoisotopic (exact) mass is 402 g/mol. The quantitative estimate of drug-likeness (QED) is 0.464. The summed E-state index contributed by atoms with van der Waals surface area (Å²) < 4.78 is 7.42. The van der Waals surface area contributed by atoms with Crippen molar-refractivity contribution < 1.29 is 4.74 Å². The van der Waals surface area contributed by atoms with Gasteiger partial charge in [0.25, 0.3) is 0 Å². The Balaban J connectivity index is 1.72. The van der Waals surface area contributed by atoms with Crippen LogP contribution in [0.3, 0.4) is 0 Å². The molecule has 0 aliphatic carbocycles. The normalized spacial score (nSPS) is 15.5. The van der Waals surface area contributed by atoms with E-state index in [4.69, 9.17) is 14.7 Å². The van der Waals surface area contributed by atoms with Crippen LogP contribution in [0.4, 0.5) is 0 Å². The van der Waals surface area contributed by atoms with Crippen molar-refractivity contribution in [3.8, 4) is 0 Å². The molecule has 0 atom stereocenters. The number of allylic oxidation sites excluding steroid dienone is 1. The Morgan fingerprint density at radius 3 is 2.89 bits per heavy atom. The average Bonchev–Trinajstić information content (AvgIpc) is 3.20. The number of ether oxygens (including phenoxy) is 1. The number of morpholine rings is 1. The molecule has 1 aliphatic heterocycles. The molecule has 1 fully saturated rings. The predicted octanol–water partition coefficient (Wildman–Crippen LogP) is 3.07. The lowest BCUT2D eigenvalue weighted by Crippen LogP contribution is -2.36. The second kappa shape index (κ2) is 8.05. The zero-order valence-corrected chi connectivity index (χ0v) is 17.1. The van der Waals surface area contributed by atoms with Crippen LogP contribution in [-0.4, -0.2) is 55.9 Å². The number of rotatable bonds is 6. The maximum Gasteiger partial charge on any atom is 0.197 e. The Kier molecular flexibility index (Phi) is 5.53. The molecule has 0 unspecified atom stereocenters. The molecule has 4 rings (SSSR count). The van der Waals surface area contributed by atoms with E-state index < -0.39 is 0 Å². The largest absolute Gasteiger partial charge is 0.379 e. The van der Waals surface area contributed by atoms with Crippen molar-refractivity contribution in [1.29, 1.82) is 0 Å². The Morgan fingerprint density at radius 2 is 2.11 bits per heavy atom. The van der Waals surface area contributed by atoms with E-state index in [1.807, 2.05) is 10.6 Å². The molecule has 0 bridgehead atoms. The number of fused-ring (bicyclic) bond motifs is 1. The topological polar surface area (TPSA) is 69.0 Å². The molecular weight excluding hydrogens is 380 g/mol. The van der Waals surface area contributed by atoms with Crippen LogP contribution in [0.1, 0.15) is 16.3 Å². The van der Waals surface area contributed by atoms with E-state index in [0.29, 0.717) is 6.54 Å². The summed E-state index contributed by atoms with van der Waals surface area (Å²) in [4.78, 5) is 14.4. The third kappa shape index (κ3) is 3.91. The zero-order chi connectivity index (χ0) is 18.8. The number of aryl methyl sites for hydroxylation is 2. The summed E-state index contributed by atoms with van der Waals surface area (Å²) in [5.41, 5.74) is 1.24. The summed E-state index contributed by atoms with van der Waals surface area (Å²) in [6, 6.07) is 0. The summed E-state index contributed by atoms with van der Waals surface area (Å²) in [7, 11) is 0. The summed E-state index contributed by atoms with van der Waals surface area (Å²) in [5, 5.41) is 11.2. The fourth-order valence-electron chi connectivity index (χ4n) is 3.03. The molecule has 4 heterocycles. The molecule has 1 saturated heterocycles. The highest BCUT2D eigenvalue weighted by atomic mass is 32.2. The van der Waals surface area contributed by atoms with E-state index in [1.54, 1.807) is 29.4 Å². The standard InChI is InChI=1S/C18H22N6OS2/c1-4-5-24-11-19-22-18(24)27-17-15-12(2)13(3)26-16(15)20-14(21-17)10-23-6-8-25-9-7-23/h4,11H,1,5-10H2,2-3H3. The Morgan fingerprint density at radius 1 is 1.30 bits per heavy atom. The Hall–Kier alpha value is -1.81. The molecule has 1 aliphatic rings. The summed E-state index contributed by atoms with van der Waals surface area (Å²) >= 11 is 3.28. The number of nitrogens with zero attached hydrogens (tertiary/aromatic N) is 6. The van der Waals surface area contributed by atoms with E-state index >= 15 is 0 Å². The lowest BCUT2D eigenvalue weighted by atomic mass is 10.2. The Labute approximate surface area is 166 Å². The fourth-order valence-corrected chi connectivity index (χ4v) is 5.15. The molecule has 0 amide bonds. The number of aromatic nitrogens is 5. The van der Waals surface area contributed by atoms with Crippen LogP contribution in [0.5, 0.6) is 0 Å². The van der Waals surface area contributed by atoms with E-state index in [2.05, 4.69) is 35.5 Å². The van der Waals surface area contributed by atoms with Crippen molar-refractivity contribution in [3.05, 3.63) is 35.2 Å². The second-order valence-electron chi connectivity index (χ2n) is 6.45. The van der Waals surface area contributed by atoms with Crippen molar-refractivity contribution in [2.75, 3.05) is 26.3 Å².